The zero-order valence-corrected chi connectivity index (χ0v) is 18.4. The summed E-state index contributed by atoms with van der Waals surface area (Å²) < 4.78 is 4.71. The maximum absolute atomic E-state index is 10.2. The minimum absolute atomic E-state index is 0.139. The summed E-state index contributed by atoms with van der Waals surface area (Å²) in [4.78, 5) is 23.8. The van der Waals surface area contributed by atoms with Crippen molar-refractivity contribution in [3.63, 3.8) is 0 Å². The molecule has 0 aliphatic heterocycles. The number of nitriles is 1. The molecule has 2 aromatic rings. The average Bonchev–Trinajstić information content (AvgIpc) is 2.82. The Balaban J connectivity index is 0.000000610. The van der Waals surface area contributed by atoms with Gasteiger partial charge in [-0.05, 0) is 55.7 Å². The van der Waals surface area contributed by atoms with Crippen molar-refractivity contribution < 1.29 is 39.9 Å². The second kappa shape index (κ2) is 16.1. The predicted molar refractivity (Wildman–Crippen MR) is 118 cm³/mol. The molecule has 2 rings (SSSR count). The van der Waals surface area contributed by atoms with Crippen LogP contribution in [-0.4, -0.2) is 63.5 Å². The fraction of sp³-hybridized carbons (Fsp3) is 0.348. The highest BCUT2D eigenvalue weighted by Crippen LogP contribution is 2.17. The van der Waals surface area contributed by atoms with E-state index in [1.54, 1.807) is 30.5 Å². The summed E-state index contributed by atoms with van der Waals surface area (Å²) in [7, 11) is 0. The highest BCUT2D eigenvalue weighted by molar-refractivity contribution is 5.74. The molecule has 0 spiro atoms. The molecule has 0 fully saturated rings. The lowest BCUT2D eigenvalue weighted by molar-refractivity contribution is -0.152. The number of hydrogen-bond donors (Lipinski definition) is 5. The molecule has 0 bridgehead atoms. The van der Waals surface area contributed by atoms with Crippen molar-refractivity contribution in [1.82, 2.24) is 0 Å². The summed E-state index contributed by atoms with van der Waals surface area (Å²) in [5, 5.41) is 49.5. The van der Waals surface area contributed by atoms with Gasteiger partial charge in [0.15, 0.2) is 0 Å². The van der Waals surface area contributed by atoms with E-state index in [1.165, 1.54) is 19.9 Å². The lowest BCUT2D eigenvalue weighted by Gasteiger charge is -2.17. The van der Waals surface area contributed by atoms with Gasteiger partial charge in [-0.2, -0.15) is 4.99 Å². The SMILES string of the molecule is CC(CO)(CO)C(=O)O.CC(O)CO.N#COc1ccc(Cc2ccc(N=C=O)cc2)cc1. The lowest BCUT2D eigenvalue weighted by Crippen LogP contribution is -2.35. The van der Waals surface area contributed by atoms with Crippen molar-refractivity contribution in [2.24, 2.45) is 10.4 Å². The van der Waals surface area contributed by atoms with Gasteiger partial charge in [-0.15, -0.1) is 5.26 Å². The van der Waals surface area contributed by atoms with Crippen LogP contribution in [0.1, 0.15) is 25.0 Å². The number of rotatable bonds is 8. The lowest BCUT2D eigenvalue weighted by atomic mass is 9.94. The number of carbonyl (C=O) groups is 1. The average molecular weight is 460 g/mol. The van der Waals surface area contributed by atoms with Crippen LogP contribution < -0.4 is 4.74 Å². The van der Waals surface area contributed by atoms with Crippen molar-refractivity contribution >= 4 is 17.7 Å². The van der Waals surface area contributed by atoms with Gasteiger partial charge in [0.25, 0.3) is 6.26 Å². The predicted octanol–water partition coefficient (Wildman–Crippen LogP) is 1.53. The second-order valence-electron chi connectivity index (χ2n) is 7.10. The quantitative estimate of drug-likeness (QED) is 0.222. The zero-order chi connectivity index (χ0) is 25.3. The van der Waals surface area contributed by atoms with Crippen molar-refractivity contribution in [2.75, 3.05) is 19.8 Å². The Hall–Kier alpha value is -3.58. The number of hydrogen-bond acceptors (Lipinski definition) is 9. The number of nitrogens with zero attached hydrogens (tertiary/aromatic N) is 2. The van der Waals surface area contributed by atoms with Gasteiger partial charge >= 0.3 is 5.97 Å². The highest BCUT2D eigenvalue weighted by atomic mass is 16.5. The fourth-order valence-corrected chi connectivity index (χ4v) is 1.89. The van der Waals surface area contributed by atoms with Gasteiger partial charge in [0.1, 0.15) is 11.2 Å². The van der Waals surface area contributed by atoms with E-state index in [-0.39, 0.29) is 6.61 Å². The van der Waals surface area contributed by atoms with E-state index in [1.807, 2.05) is 24.3 Å². The van der Waals surface area contributed by atoms with Gasteiger partial charge in [0.05, 0.1) is 31.6 Å². The Morgan fingerprint density at radius 2 is 1.52 bits per heavy atom. The van der Waals surface area contributed by atoms with Crippen LogP contribution in [0.5, 0.6) is 5.75 Å². The molecule has 178 valence electrons. The van der Waals surface area contributed by atoms with Crippen LogP contribution in [0.25, 0.3) is 0 Å². The third-order valence-electron chi connectivity index (χ3n) is 4.08. The Kier molecular flexibility index (Phi) is 14.4. The molecule has 10 nitrogen and oxygen atoms in total. The first-order valence-corrected chi connectivity index (χ1v) is 9.71. The van der Waals surface area contributed by atoms with Gasteiger partial charge in [0.2, 0.25) is 6.08 Å². The number of benzene rings is 2. The first-order chi connectivity index (χ1) is 15.6. The number of ether oxygens (including phenoxy) is 1. The monoisotopic (exact) mass is 460 g/mol. The Labute approximate surface area is 191 Å². The normalized spacial score (nSPS) is 10.7. The molecule has 0 radical (unpaired) electrons. The number of aliphatic hydroxyl groups is 4. The van der Waals surface area contributed by atoms with Crippen LogP contribution in [0.2, 0.25) is 0 Å². The third-order valence-corrected chi connectivity index (χ3v) is 4.08. The molecule has 33 heavy (non-hydrogen) atoms. The second-order valence-corrected chi connectivity index (χ2v) is 7.10. The summed E-state index contributed by atoms with van der Waals surface area (Å²) >= 11 is 0. The van der Waals surface area contributed by atoms with Crippen LogP contribution in [-0.2, 0) is 16.0 Å². The molecule has 0 amide bonds. The standard InChI is InChI=1S/C15H10N2O2.C5H10O4.C3H8O2/c16-10-19-15-7-3-13(4-8-15)9-12-1-5-14(6-2-12)17-11-18;1-5(2-6,3-7)4(8)9;1-3(5)2-4/h1-8H,9H2;6-7H,2-3H2,1H3,(H,8,9);3-5H,2H2,1H3. The van der Waals surface area contributed by atoms with Crippen molar-refractivity contribution in [2.45, 2.75) is 26.4 Å². The molecule has 0 saturated carbocycles. The van der Waals surface area contributed by atoms with E-state index < -0.39 is 30.7 Å². The number of isocyanates is 1. The van der Waals surface area contributed by atoms with Crippen LogP contribution in [0.15, 0.2) is 53.5 Å². The smallest absolute Gasteiger partial charge is 0.314 e. The molecular weight excluding hydrogens is 432 g/mol. The van der Waals surface area contributed by atoms with E-state index >= 15 is 0 Å². The van der Waals surface area contributed by atoms with E-state index in [9.17, 15) is 9.59 Å². The number of carbonyl (C=O) groups excluding carboxylic acids is 1. The van der Waals surface area contributed by atoms with Gasteiger partial charge in [-0.25, -0.2) is 4.79 Å². The van der Waals surface area contributed by atoms with Crippen LogP contribution >= 0.6 is 0 Å². The van der Waals surface area contributed by atoms with E-state index in [2.05, 4.69) is 4.99 Å². The van der Waals surface area contributed by atoms with E-state index in [0.29, 0.717) is 11.4 Å². The molecule has 0 aliphatic carbocycles. The third kappa shape index (κ3) is 12.1. The molecule has 0 aliphatic rings. The highest BCUT2D eigenvalue weighted by Gasteiger charge is 2.31. The maximum Gasteiger partial charge on any atom is 0.314 e. The number of aliphatic carboxylic acids is 1. The Morgan fingerprint density at radius 3 is 1.82 bits per heavy atom. The van der Waals surface area contributed by atoms with E-state index in [0.717, 1.165) is 17.5 Å². The first kappa shape index (κ1) is 29.4. The van der Waals surface area contributed by atoms with Crippen molar-refractivity contribution in [1.29, 1.82) is 5.26 Å². The topological polar surface area (TPSA) is 181 Å². The van der Waals surface area contributed by atoms with Crippen molar-refractivity contribution in [3.05, 3.63) is 59.7 Å². The summed E-state index contributed by atoms with van der Waals surface area (Å²) in [6, 6.07) is 14.7. The molecule has 1 atom stereocenters. The molecule has 5 N–H and O–H groups in total. The molecule has 0 aromatic heterocycles. The largest absolute Gasteiger partial charge is 0.481 e. The number of carboxylic acid groups (broad SMARTS) is 1. The fourth-order valence-electron chi connectivity index (χ4n) is 1.89. The summed E-state index contributed by atoms with van der Waals surface area (Å²) in [6.45, 7) is 1.58. The molecular formula is C23H28N2O8. The molecule has 2 aromatic carbocycles. The minimum atomic E-state index is -1.39. The van der Waals surface area contributed by atoms with Crippen molar-refractivity contribution in [3.8, 4) is 12.0 Å². The van der Waals surface area contributed by atoms with Gasteiger partial charge in [-0.3, -0.25) is 4.79 Å². The van der Waals surface area contributed by atoms with Crippen LogP contribution in [0.4, 0.5) is 5.69 Å². The molecule has 1 unspecified atom stereocenters. The molecule has 10 heteroatoms. The first-order valence-electron chi connectivity index (χ1n) is 9.71. The number of carboxylic acids is 1. The minimum Gasteiger partial charge on any atom is -0.481 e. The number of aliphatic hydroxyl groups excluding tert-OH is 4. The summed E-state index contributed by atoms with van der Waals surface area (Å²) in [5.41, 5.74) is 1.42. The van der Waals surface area contributed by atoms with E-state index in [4.69, 9.17) is 35.5 Å². The van der Waals surface area contributed by atoms with Crippen LogP contribution in [0, 0.1) is 16.9 Å². The van der Waals surface area contributed by atoms with Gasteiger partial charge in [0, 0.05) is 0 Å². The van der Waals surface area contributed by atoms with Gasteiger partial charge < -0.3 is 30.3 Å². The Morgan fingerprint density at radius 1 is 1.06 bits per heavy atom. The molecule has 0 saturated heterocycles. The van der Waals surface area contributed by atoms with Crippen LogP contribution in [0.3, 0.4) is 0 Å². The van der Waals surface area contributed by atoms with Gasteiger partial charge in [-0.1, -0.05) is 24.3 Å². The summed E-state index contributed by atoms with van der Waals surface area (Å²) in [5.74, 6) is -0.658. The maximum atomic E-state index is 10.2. The molecule has 0 heterocycles. The zero-order valence-electron chi connectivity index (χ0n) is 18.4. The number of aliphatic imine (C=N–C) groups is 1. The summed E-state index contributed by atoms with van der Waals surface area (Å²) in [6.07, 6.45) is 3.34. The Bertz CT molecular complexity index is 911.